The number of halogens is 3. The van der Waals surface area contributed by atoms with E-state index in [-0.39, 0.29) is 79.1 Å². The van der Waals surface area contributed by atoms with Crippen molar-refractivity contribution >= 4 is 70.3 Å². The van der Waals surface area contributed by atoms with Crippen molar-refractivity contribution in [3.63, 3.8) is 0 Å². The number of unbranched alkanes of at least 4 members (excludes halogenated alkanes) is 3. The maximum Gasteiger partial charge on any atom is 0.328 e. The zero-order valence-electron chi connectivity index (χ0n) is 52.3. The smallest absolute Gasteiger partial charge is 0.328 e. The summed E-state index contributed by atoms with van der Waals surface area (Å²) in [4.78, 5) is 123. The Bertz CT molecular complexity index is 2990. The molecule has 0 radical (unpaired) electrons. The van der Waals surface area contributed by atoms with E-state index in [2.05, 4.69) is 10.6 Å². The zero-order chi connectivity index (χ0) is 64.9. The van der Waals surface area contributed by atoms with Crippen molar-refractivity contribution in [2.45, 2.75) is 198 Å². The van der Waals surface area contributed by atoms with Gasteiger partial charge >= 0.3 is 18.0 Å². The number of carbonyl (C=O) groups is 9. The number of fused-ring (bicyclic) bond motifs is 5. The van der Waals surface area contributed by atoms with Crippen LogP contribution in [0.15, 0.2) is 48.1 Å². The Morgan fingerprint density at radius 2 is 1.67 bits per heavy atom. The van der Waals surface area contributed by atoms with Gasteiger partial charge in [-0.2, -0.15) is 0 Å². The SMILES string of the molecule is COc1cc2cc(c1Cl)N(C)C(=O)C[C@H](OC(=O)[C@H](C)N(C)C(=O)c1cc(F)c(CC(=O)[C@H](CCCNC(N)=O)NC(=O)[C@@H](CC(=O)CCCCCCC(=O)C3CCC3)C(C)C)cc1F)[C@]1(C)O[C@H]1[C@H](C)[C@@H]1C[C@@](O)(CC(=O)O1)[C@H](OC)/C=C/C=C(\C)C2. The van der Waals surface area contributed by atoms with Crippen LogP contribution in [0, 0.1) is 35.3 Å². The summed E-state index contributed by atoms with van der Waals surface area (Å²) in [6, 6.07) is 1.11. The second kappa shape index (κ2) is 31.2. The van der Waals surface area contributed by atoms with E-state index in [9.17, 15) is 48.3 Å². The number of Topliss-reactive ketones (excluding diaryl/α,β-unsaturated/α-hetero) is 3. The summed E-state index contributed by atoms with van der Waals surface area (Å²) in [7, 11) is 5.49. The van der Waals surface area contributed by atoms with Crippen molar-refractivity contribution in [3.05, 3.63) is 81.4 Å². The minimum absolute atomic E-state index is 0.0235. The molecule has 2 saturated heterocycles. The Balaban J connectivity index is 1.17. The maximum absolute atomic E-state index is 16.2. The van der Waals surface area contributed by atoms with Gasteiger partial charge in [0, 0.05) is 77.6 Å². The molecule has 3 fully saturated rings. The number of ether oxygens (including phenoxy) is 5. The van der Waals surface area contributed by atoms with Crippen molar-refractivity contribution in [2.24, 2.45) is 29.4 Å². The molecule has 4 bridgehead atoms. The predicted molar refractivity (Wildman–Crippen MR) is 323 cm³/mol. The third kappa shape index (κ3) is 18.0. The highest BCUT2D eigenvalue weighted by Gasteiger charge is 2.64. The molecule has 88 heavy (non-hydrogen) atoms. The second-order valence-corrected chi connectivity index (χ2v) is 25.2. The molecule has 0 aromatic heterocycles. The van der Waals surface area contributed by atoms with E-state index in [0.717, 1.165) is 56.0 Å². The summed E-state index contributed by atoms with van der Waals surface area (Å²) in [5, 5.41) is 17.3. The third-order valence-corrected chi connectivity index (χ3v) is 18.3. The van der Waals surface area contributed by atoms with Gasteiger partial charge < -0.3 is 55.0 Å². The molecule has 2 aromatic carbocycles. The number of likely N-dealkylation sites (N-methyl/N-ethyl adjacent to an activating group) is 1. The average Bonchev–Trinajstić information content (AvgIpc) is 3.77. The van der Waals surface area contributed by atoms with Crippen molar-refractivity contribution in [3.8, 4) is 5.75 Å². The van der Waals surface area contributed by atoms with E-state index in [4.69, 9.17) is 41.0 Å². The topological polar surface area (TPSA) is 280 Å². The molecule has 2 aromatic rings. The molecule has 3 heterocycles. The summed E-state index contributed by atoms with van der Waals surface area (Å²) >= 11 is 6.83. The van der Waals surface area contributed by atoms with E-state index < -0.39 is 137 Å². The summed E-state index contributed by atoms with van der Waals surface area (Å²) in [5.74, 6) is -8.41. The number of nitrogens with one attached hydrogen (secondary N) is 2. The van der Waals surface area contributed by atoms with E-state index in [1.165, 1.54) is 33.1 Å². The molecule has 3 aliphatic heterocycles. The van der Waals surface area contributed by atoms with Crippen molar-refractivity contribution in [1.82, 2.24) is 15.5 Å². The lowest BCUT2D eigenvalue weighted by Gasteiger charge is -2.41. The van der Waals surface area contributed by atoms with Gasteiger partial charge in [-0.3, -0.25) is 33.6 Å². The minimum Gasteiger partial charge on any atom is -0.495 e. The predicted octanol–water partition coefficient (Wildman–Crippen LogP) is 8.34. The molecular weight excluding hydrogens is 1160 g/mol. The van der Waals surface area contributed by atoms with Crippen molar-refractivity contribution < 1.29 is 80.7 Å². The lowest BCUT2D eigenvalue weighted by molar-refractivity contribution is -0.187. The number of primary amides is 1. The fourth-order valence-corrected chi connectivity index (χ4v) is 12.1. The molecular formula is C65H88ClF2N5O15. The third-order valence-electron chi connectivity index (χ3n) is 17.9. The Labute approximate surface area is 519 Å². The standard InChI is InChI=1S/C65H88ClF2N5O15/c1-36(2)44(31-43(74)21-13-11-12-14-23-50(75)41-19-16-20-41)60(79)71-48(22-17-25-70-63(69)82)51(76)30-42-29-47(68)45(32-46(42)67)61(80)72(7)39(5)62(81)87-55-33-56(77)73(8)49-27-40(28-52(84-9)58(49)66)26-37(3)18-15-24-54(85-10)65(83)34-53(86-57(78)35-65)38(4)59-64(55,6)88-59/h15,18,24,27-29,32,36,38-39,41,44,48,53-55,59,83H,11-14,16-17,19-23,25-26,30-31,33-35H2,1-10H3,(H,71,79)(H3,69,70,82)/b24-15+,37-18+/t38-,39+,44+,48+,53+,54-,55+,59+,64+,65-/m1/s1. The normalized spacial score (nSPS) is 25.1. The largest absolute Gasteiger partial charge is 0.495 e. The molecule has 1 aliphatic carbocycles. The number of rotatable bonds is 26. The number of methoxy groups -OCH3 is 2. The number of epoxide rings is 1. The Kier molecular flexibility index (Phi) is 25.0. The number of nitrogens with two attached hydrogens (primary N) is 1. The molecule has 10 atom stereocenters. The number of benzene rings is 2. The van der Waals surface area contributed by atoms with Gasteiger partial charge in [-0.05, 0) is 107 Å². The van der Waals surface area contributed by atoms with Crippen molar-refractivity contribution in [2.75, 3.05) is 39.8 Å². The first-order valence-electron chi connectivity index (χ1n) is 30.5. The number of ketones is 3. The fourth-order valence-electron chi connectivity index (χ4n) is 11.8. The average molecular weight is 1250 g/mol. The highest BCUT2D eigenvalue weighted by atomic mass is 35.5. The number of carbonyl (C=O) groups excluding carboxylic acids is 9. The van der Waals surface area contributed by atoms with Crippen LogP contribution in [0.4, 0.5) is 19.3 Å². The monoisotopic (exact) mass is 1250 g/mol. The first kappa shape index (κ1) is 70.5. The first-order valence-corrected chi connectivity index (χ1v) is 30.9. The van der Waals surface area contributed by atoms with Gasteiger partial charge in [0.15, 0.2) is 5.78 Å². The number of nitrogens with zero attached hydrogens (tertiary/aromatic N) is 2. The molecule has 0 unspecified atom stereocenters. The maximum atomic E-state index is 16.2. The first-order chi connectivity index (χ1) is 41.5. The number of urea groups is 1. The van der Waals surface area contributed by atoms with Gasteiger partial charge in [0.25, 0.3) is 5.91 Å². The van der Waals surface area contributed by atoms with Crippen LogP contribution >= 0.6 is 11.6 Å². The summed E-state index contributed by atoms with van der Waals surface area (Å²) < 4.78 is 61.9. The van der Waals surface area contributed by atoms with Crippen LogP contribution in [-0.2, 0) is 65.4 Å². The summed E-state index contributed by atoms with van der Waals surface area (Å²) in [6.45, 7) is 10.0. The van der Waals surface area contributed by atoms with E-state index in [1.807, 2.05) is 13.0 Å². The molecule has 484 valence electrons. The quantitative estimate of drug-likeness (QED) is 0.0391. The number of amides is 5. The molecule has 0 spiro atoms. The number of hydrogen-bond acceptors (Lipinski definition) is 15. The number of hydrogen-bond donors (Lipinski definition) is 4. The Morgan fingerprint density at radius 1 is 0.977 bits per heavy atom. The summed E-state index contributed by atoms with van der Waals surface area (Å²) in [5.41, 5.74) is 2.68. The van der Waals surface area contributed by atoms with Crippen LogP contribution in [0.25, 0.3) is 0 Å². The Hall–Kier alpha value is -6.62. The highest BCUT2D eigenvalue weighted by molar-refractivity contribution is 6.35. The molecule has 23 heteroatoms. The van der Waals surface area contributed by atoms with Crippen LogP contribution in [0.5, 0.6) is 5.75 Å². The molecule has 1 saturated carbocycles. The van der Waals surface area contributed by atoms with Gasteiger partial charge in [0.1, 0.15) is 69.5 Å². The second-order valence-electron chi connectivity index (χ2n) is 24.8. The number of allylic oxidation sites excluding steroid dienone is 3. The molecule has 6 rings (SSSR count). The summed E-state index contributed by atoms with van der Waals surface area (Å²) in [6.07, 6.45) is 6.49. The lowest BCUT2D eigenvalue weighted by Crippen LogP contribution is -2.53. The zero-order valence-corrected chi connectivity index (χ0v) is 53.1. The highest BCUT2D eigenvalue weighted by Crippen LogP contribution is 2.50. The van der Waals surface area contributed by atoms with Crippen LogP contribution in [0.2, 0.25) is 5.02 Å². The number of esters is 2. The van der Waals surface area contributed by atoms with Gasteiger partial charge in [-0.15, -0.1) is 0 Å². The van der Waals surface area contributed by atoms with Crippen LogP contribution in [0.3, 0.4) is 0 Å². The van der Waals surface area contributed by atoms with E-state index >= 15 is 8.78 Å². The molecule has 5 amide bonds. The number of aliphatic hydroxyl groups is 1. The molecule has 5 N–H and O–H groups in total. The van der Waals surface area contributed by atoms with Crippen LogP contribution in [-0.4, -0.2) is 146 Å². The van der Waals surface area contributed by atoms with Gasteiger partial charge in [-0.1, -0.05) is 75.4 Å². The van der Waals surface area contributed by atoms with E-state index in [0.29, 0.717) is 42.7 Å². The van der Waals surface area contributed by atoms with Gasteiger partial charge in [-0.25, -0.2) is 18.4 Å². The van der Waals surface area contributed by atoms with Crippen LogP contribution < -0.4 is 26.0 Å². The van der Waals surface area contributed by atoms with Crippen LogP contribution in [0.1, 0.15) is 159 Å². The minimum atomic E-state index is -1.71. The van der Waals surface area contributed by atoms with Gasteiger partial charge in [0.2, 0.25) is 11.8 Å². The van der Waals surface area contributed by atoms with Gasteiger partial charge in [0.05, 0.1) is 43.3 Å². The fraction of sp³-hybridized carbons (Fsp3) is 0.615. The molecule has 4 aliphatic rings. The Morgan fingerprint density at radius 3 is 2.31 bits per heavy atom. The van der Waals surface area contributed by atoms with Crippen molar-refractivity contribution in [1.29, 1.82) is 0 Å². The molecule has 20 nitrogen and oxygen atoms in total. The number of anilines is 1. The van der Waals surface area contributed by atoms with E-state index in [1.54, 1.807) is 52.0 Å². The lowest BCUT2D eigenvalue weighted by atomic mass is 9.78.